The van der Waals surface area contributed by atoms with Gasteiger partial charge in [0.15, 0.2) is 5.78 Å². The van der Waals surface area contributed by atoms with E-state index in [9.17, 15) is 4.79 Å². The van der Waals surface area contributed by atoms with Crippen molar-refractivity contribution in [1.82, 2.24) is 0 Å². The van der Waals surface area contributed by atoms with Crippen molar-refractivity contribution < 1.29 is 14.3 Å². The zero-order valence-electron chi connectivity index (χ0n) is 11.3. The molecule has 0 radical (unpaired) electrons. The number of carbonyl (C=O) groups is 1. The Morgan fingerprint density at radius 2 is 1.89 bits per heavy atom. The first-order valence-corrected chi connectivity index (χ1v) is 6.16. The Kier molecular flexibility index (Phi) is 5.65. The summed E-state index contributed by atoms with van der Waals surface area (Å²) in [6.45, 7) is 2.51. The quantitative estimate of drug-likeness (QED) is 0.755. The van der Waals surface area contributed by atoms with Gasteiger partial charge in [-0.1, -0.05) is 6.92 Å². The molecule has 0 bridgehead atoms. The molecule has 2 N–H and O–H groups in total. The van der Waals surface area contributed by atoms with Crippen molar-refractivity contribution >= 4 is 5.78 Å². The molecule has 0 heterocycles. The van der Waals surface area contributed by atoms with E-state index >= 15 is 0 Å². The van der Waals surface area contributed by atoms with Crippen LogP contribution in [0.15, 0.2) is 12.1 Å². The Hall–Kier alpha value is -1.55. The molecule has 0 amide bonds. The van der Waals surface area contributed by atoms with Gasteiger partial charge in [0, 0.05) is 6.42 Å². The number of hydrogen-bond acceptors (Lipinski definition) is 4. The van der Waals surface area contributed by atoms with E-state index in [2.05, 4.69) is 0 Å². The van der Waals surface area contributed by atoms with Gasteiger partial charge in [0.05, 0.1) is 19.8 Å². The van der Waals surface area contributed by atoms with Gasteiger partial charge < -0.3 is 15.2 Å². The molecule has 4 heteroatoms. The molecule has 0 atom stereocenters. The highest BCUT2D eigenvalue weighted by Crippen LogP contribution is 2.30. The third-order valence-electron chi connectivity index (χ3n) is 2.79. The van der Waals surface area contributed by atoms with Crippen LogP contribution in [-0.4, -0.2) is 26.5 Å². The second-order valence-electron chi connectivity index (χ2n) is 4.08. The Morgan fingerprint density at radius 3 is 2.39 bits per heavy atom. The Labute approximate surface area is 108 Å². The number of nitrogens with two attached hydrogens (primary N) is 1. The standard InChI is InChI=1S/C14H21NO3/c1-4-5-12(16)11-9-13(17-2)10(6-7-15)8-14(11)18-3/h8-9H,4-7,15H2,1-3H3. The van der Waals surface area contributed by atoms with Crippen LogP contribution in [0.1, 0.15) is 35.7 Å². The summed E-state index contributed by atoms with van der Waals surface area (Å²) >= 11 is 0. The molecule has 0 aliphatic heterocycles. The number of methoxy groups -OCH3 is 2. The summed E-state index contributed by atoms with van der Waals surface area (Å²) < 4.78 is 10.6. The fourth-order valence-corrected chi connectivity index (χ4v) is 1.89. The normalized spacial score (nSPS) is 10.2. The molecule has 0 saturated heterocycles. The fraction of sp³-hybridized carbons (Fsp3) is 0.500. The summed E-state index contributed by atoms with van der Waals surface area (Å²) in [5, 5.41) is 0. The van der Waals surface area contributed by atoms with Crippen molar-refractivity contribution in [2.75, 3.05) is 20.8 Å². The largest absolute Gasteiger partial charge is 0.496 e. The van der Waals surface area contributed by atoms with Crippen LogP contribution < -0.4 is 15.2 Å². The number of ketones is 1. The van der Waals surface area contributed by atoms with Crippen molar-refractivity contribution in [2.24, 2.45) is 5.73 Å². The fourth-order valence-electron chi connectivity index (χ4n) is 1.89. The number of hydrogen-bond donors (Lipinski definition) is 1. The van der Waals surface area contributed by atoms with Crippen LogP contribution in [0.25, 0.3) is 0 Å². The Bertz CT molecular complexity index is 416. The summed E-state index contributed by atoms with van der Waals surface area (Å²) in [7, 11) is 3.16. The molecule has 18 heavy (non-hydrogen) atoms. The van der Waals surface area contributed by atoms with E-state index in [0.717, 1.165) is 12.0 Å². The molecule has 100 valence electrons. The molecule has 1 rings (SSSR count). The average molecular weight is 251 g/mol. The first-order chi connectivity index (χ1) is 8.67. The molecular formula is C14H21NO3. The number of Topliss-reactive ketones (excluding diaryl/α,β-unsaturated/α-hetero) is 1. The summed E-state index contributed by atoms with van der Waals surface area (Å²) in [6, 6.07) is 3.59. The topological polar surface area (TPSA) is 61.5 Å². The first-order valence-electron chi connectivity index (χ1n) is 6.16. The van der Waals surface area contributed by atoms with Gasteiger partial charge in [-0.15, -0.1) is 0 Å². The smallest absolute Gasteiger partial charge is 0.166 e. The lowest BCUT2D eigenvalue weighted by atomic mass is 10.0. The summed E-state index contributed by atoms with van der Waals surface area (Å²) in [6.07, 6.45) is 2.02. The van der Waals surface area contributed by atoms with Gasteiger partial charge in [-0.2, -0.15) is 0 Å². The van der Waals surface area contributed by atoms with E-state index in [4.69, 9.17) is 15.2 Å². The van der Waals surface area contributed by atoms with E-state index in [0.29, 0.717) is 36.4 Å². The molecular weight excluding hydrogens is 230 g/mol. The van der Waals surface area contributed by atoms with Gasteiger partial charge in [0.2, 0.25) is 0 Å². The van der Waals surface area contributed by atoms with Crippen molar-refractivity contribution in [2.45, 2.75) is 26.2 Å². The minimum Gasteiger partial charge on any atom is -0.496 e. The minimum atomic E-state index is 0.0759. The number of rotatable bonds is 7. The second-order valence-corrected chi connectivity index (χ2v) is 4.08. The summed E-state index contributed by atoms with van der Waals surface area (Å²) in [4.78, 5) is 12.0. The minimum absolute atomic E-state index is 0.0759. The van der Waals surface area contributed by atoms with Crippen LogP contribution in [0.2, 0.25) is 0 Å². The molecule has 1 aromatic carbocycles. The molecule has 0 aliphatic rings. The van der Waals surface area contributed by atoms with E-state index in [-0.39, 0.29) is 5.78 Å². The monoisotopic (exact) mass is 251 g/mol. The third-order valence-corrected chi connectivity index (χ3v) is 2.79. The molecule has 0 aromatic heterocycles. The van der Waals surface area contributed by atoms with Crippen LogP contribution in [-0.2, 0) is 6.42 Å². The highest BCUT2D eigenvalue weighted by atomic mass is 16.5. The lowest BCUT2D eigenvalue weighted by Gasteiger charge is -2.13. The van der Waals surface area contributed by atoms with Crippen LogP contribution in [0.5, 0.6) is 11.5 Å². The van der Waals surface area contributed by atoms with Crippen LogP contribution in [0, 0.1) is 0 Å². The first kappa shape index (κ1) is 14.5. The zero-order chi connectivity index (χ0) is 13.5. The van der Waals surface area contributed by atoms with E-state index in [1.165, 1.54) is 0 Å². The van der Waals surface area contributed by atoms with Gasteiger partial charge in [-0.25, -0.2) is 0 Å². The summed E-state index contributed by atoms with van der Waals surface area (Å²) in [5.41, 5.74) is 7.10. The van der Waals surface area contributed by atoms with Crippen molar-refractivity contribution in [1.29, 1.82) is 0 Å². The maximum atomic E-state index is 12.0. The predicted molar refractivity (Wildman–Crippen MR) is 71.5 cm³/mol. The molecule has 0 saturated carbocycles. The van der Waals surface area contributed by atoms with E-state index < -0.39 is 0 Å². The second kappa shape index (κ2) is 7.01. The van der Waals surface area contributed by atoms with Crippen LogP contribution >= 0.6 is 0 Å². The van der Waals surface area contributed by atoms with Crippen molar-refractivity contribution in [3.8, 4) is 11.5 Å². The van der Waals surface area contributed by atoms with Gasteiger partial charge in [-0.3, -0.25) is 4.79 Å². The molecule has 0 spiro atoms. The van der Waals surface area contributed by atoms with E-state index in [1.807, 2.05) is 13.0 Å². The zero-order valence-corrected chi connectivity index (χ0v) is 11.3. The molecule has 4 nitrogen and oxygen atoms in total. The van der Waals surface area contributed by atoms with Crippen molar-refractivity contribution in [3.05, 3.63) is 23.3 Å². The van der Waals surface area contributed by atoms with Gasteiger partial charge in [0.1, 0.15) is 11.5 Å². The Balaban J connectivity index is 3.21. The molecule has 0 aliphatic carbocycles. The maximum absolute atomic E-state index is 12.0. The summed E-state index contributed by atoms with van der Waals surface area (Å²) in [5.74, 6) is 1.37. The van der Waals surface area contributed by atoms with Crippen LogP contribution in [0.3, 0.4) is 0 Å². The number of carbonyl (C=O) groups excluding carboxylic acids is 1. The molecule has 1 aromatic rings. The lowest BCUT2D eigenvalue weighted by molar-refractivity contribution is 0.0978. The van der Waals surface area contributed by atoms with Crippen LogP contribution in [0.4, 0.5) is 0 Å². The van der Waals surface area contributed by atoms with Gasteiger partial charge in [-0.05, 0) is 37.1 Å². The maximum Gasteiger partial charge on any atom is 0.166 e. The lowest BCUT2D eigenvalue weighted by Crippen LogP contribution is -2.08. The number of ether oxygens (including phenoxy) is 2. The molecule has 0 unspecified atom stereocenters. The van der Waals surface area contributed by atoms with Gasteiger partial charge in [0.25, 0.3) is 0 Å². The predicted octanol–water partition coefficient (Wildman–Crippen LogP) is 2.19. The average Bonchev–Trinajstić information content (AvgIpc) is 2.38. The molecule has 0 fully saturated rings. The SMILES string of the molecule is CCCC(=O)c1cc(OC)c(CCN)cc1OC. The van der Waals surface area contributed by atoms with Crippen molar-refractivity contribution in [3.63, 3.8) is 0 Å². The Morgan fingerprint density at radius 1 is 1.22 bits per heavy atom. The van der Waals surface area contributed by atoms with Gasteiger partial charge >= 0.3 is 0 Å². The third kappa shape index (κ3) is 3.23. The van der Waals surface area contributed by atoms with E-state index in [1.54, 1.807) is 20.3 Å². The highest BCUT2D eigenvalue weighted by Gasteiger charge is 2.16. The highest BCUT2D eigenvalue weighted by molar-refractivity contribution is 5.99. The number of benzene rings is 1.